The van der Waals surface area contributed by atoms with Gasteiger partial charge in [0.05, 0.1) is 15.9 Å². The van der Waals surface area contributed by atoms with E-state index in [4.69, 9.17) is 4.98 Å². The Morgan fingerprint density at radius 2 is 1.93 bits per heavy atom. The molecule has 0 atom stereocenters. The number of aromatic nitrogens is 3. The van der Waals surface area contributed by atoms with Crippen molar-refractivity contribution in [3.8, 4) is 0 Å². The van der Waals surface area contributed by atoms with Gasteiger partial charge in [0.2, 0.25) is 0 Å². The summed E-state index contributed by atoms with van der Waals surface area (Å²) in [4.78, 5) is 23.3. The molecule has 8 heteroatoms. The molecule has 1 amide bonds. The fourth-order valence-corrected chi connectivity index (χ4v) is 5.06. The van der Waals surface area contributed by atoms with Gasteiger partial charge in [-0.25, -0.2) is 4.98 Å². The standard InChI is InChI=1S/C20H25N5OS2/c1-13(2)25-17(11-14(3)22-25)19(26)23-7-9-24(10-8-23)20-21-16-6-5-15(27-4)12-18(16)28-20/h5-6,11-13H,7-10H2,1-4H3. The molecule has 0 spiro atoms. The highest BCUT2D eigenvalue weighted by atomic mass is 32.2. The molecule has 1 aliphatic heterocycles. The quantitative estimate of drug-likeness (QED) is 0.601. The van der Waals surface area contributed by atoms with E-state index in [1.54, 1.807) is 23.1 Å². The molecule has 3 aromatic rings. The van der Waals surface area contributed by atoms with Crippen molar-refractivity contribution in [2.45, 2.75) is 31.7 Å². The van der Waals surface area contributed by atoms with Crippen LogP contribution >= 0.6 is 23.1 Å². The minimum atomic E-state index is 0.0721. The molecule has 148 valence electrons. The first-order valence-corrected chi connectivity index (χ1v) is 11.6. The zero-order valence-electron chi connectivity index (χ0n) is 16.7. The van der Waals surface area contributed by atoms with E-state index < -0.39 is 0 Å². The van der Waals surface area contributed by atoms with Gasteiger partial charge >= 0.3 is 0 Å². The Hall–Kier alpha value is -2.06. The number of thiazole rings is 1. The summed E-state index contributed by atoms with van der Waals surface area (Å²) < 4.78 is 3.05. The summed E-state index contributed by atoms with van der Waals surface area (Å²) in [5.74, 6) is 0.0721. The highest BCUT2D eigenvalue weighted by Crippen LogP contribution is 2.32. The smallest absolute Gasteiger partial charge is 0.272 e. The van der Waals surface area contributed by atoms with Crippen molar-refractivity contribution >= 4 is 44.4 Å². The molecular weight excluding hydrogens is 390 g/mol. The van der Waals surface area contributed by atoms with Gasteiger partial charge in [-0.05, 0) is 51.3 Å². The van der Waals surface area contributed by atoms with Crippen molar-refractivity contribution in [2.24, 2.45) is 0 Å². The Morgan fingerprint density at radius 3 is 2.61 bits per heavy atom. The average molecular weight is 416 g/mol. The van der Waals surface area contributed by atoms with E-state index in [1.165, 1.54) is 9.60 Å². The summed E-state index contributed by atoms with van der Waals surface area (Å²) in [5, 5.41) is 5.52. The number of benzene rings is 1. The topological polar surface area (TPSA) is 54.3 Å². The van der Waals surface area contributed by atoms with Gasteiger partial charge in [0.15, 0.2) is 5.13 Å². The van der Waals surface area contributed by atoms with Crippen LogP contribution in [0, 0.1) is 6.92 Å². The molecule has 4 rings (SSSR count). The van der Waals surface area contributed by atoms with Gasteiger partial charge in [-0.2, -0.15) is 5.10 Å². The molecule has 1 aliphatic rings. The highest BCUT2D eigenvalue weighted by Gasteiger charge is 2.26. The van der Waals surface area contributed by atoms with E-state index in [-0.39, 0.29) is 11.9 Å². The third-order valence-electron chi connectivity index (χ3n) is 4.99. The van der Waals surface area contributed by atoms with Crippen LogP contribution in [0.3, 0.4) is 0 Å². The van der Waals surface area contributed by atoms with Crippen molar-refractivity contribution in [3.63, 3.8) is 0 Å². The number of fused-ring (bicyclic) bond motifs is 1. The maximum absolute atomic E-state index is 13.0. The van der Waals surface area contributed by atoms with Gasteiger partial charge in [-0.1, -0.05) is 11.3 Å². The van der Waals surface area contributed by atoms with E-state index in [2.05, 4.69) is 48.3 Å². The zero-order chi connectivity index (χ0) is 19.8. The average Bonchev–Trinajstić information content (AvgIpc) is 3.30. The predicted molar refractivity (Wildman–Crippen MR) is 117 cm³/mol. The first-order valence-electron chi connectivity index (χ1n) is 9.51. The maximum atomic E-state index is 13.0. The van der Waals surface area contributed by atoms with E-state index >= 15 is 0 Å². The third-order valence-corrected chi connectivity index (χ3v) is 6.79. The highest BCUT2D eigenvalue weighted by molar-refractivity contribution is 7.98. The van der Waals surface area contributed by atoms with Gasteiger partial charge < -0.3 is 9.80 Å². The number of nitrogens with zero attached hydrogens (tertiary/aromatic N) is 5. The fraction of sp³-hybridized carbons (Fsp3) is 0.450. The minimum absolute atomic E-state index is 0.0721. The first kappa shape index (κ1) is 19.3. The molecule has 0 bridgehead atoms. The summed E-state index contributed by atoms with van der Waals surface area (Å²) in [6.45, 7) is 9.04. The second-order valence-electron chi connectivity index (χ2n) is 7.32. The molecule has 0 N–H and O–H groups in total. The number of hydrogen-bond acceptors (Lipinski definition) is 6. The molecule has 0 aliphatic carbocycles. The van der Waals surface area contributed by atoms with Crippen LogP contribution in [0.25, 0.3) is 10.2 Å². The maximum Gasteiger partial charge on any atom is 0.272 e. The normalized spacial score (nSPS) is 15.0. The second kappa shape index (κ2) is 7.75. The van der Waals surface area contributed by atoms with Gasteiger partial charge in [0.1, 0.15) is 5.69 Å². The fourth-order valence-electron chi connectivity index (χ4n) is 3.49. The van der Waals surface area contributed by atoms with E-state index in [9.17, 15) is 4.79 Å². The lowest BCUT2D eigenvalue weighted by Gasteiger charge is -2.34. The van der Waals surface area contributed by atoms with Crippen molar-refractivity contribution in [2.75, 3.05) is 37.3 Å². The molecule has 0 radical (unpaired) electrons. The lowest BCUT2D eigenvalue weighted by atomic mass is 10.2. The summed E-state index contributed by atoms with van der Waals surface area (Å²) in [5.41, 5.74) is 2.62. The molecule has 1 fully saturated rings. The van der Waals surface area contributed by atoms with E-state index in [0.717, 1.165) is 29.4 Å². The van der Waals surface area contributed by atoms with Crippen LogP contribution in [0.1, 0.15) is 36.1 Å². The van der Waals surface area contributed by atoms with E-state index in [0.29, 0.717) is 18.8 Å². The van der Waals surface area contributed by atoms with E-state index in [1.807, 2.05) is 22.6 Å². The third kappa shape index (κ3) is 3.63. The van der Waals surface area contributed by atoms with Gasteiger partial charge in [-0.15, -0.1) is 11.8 Å². The molecule has 0 unspecified atom stereocenters. The Morgan fingerprint density at radius 1 is 1.18 bits per heavy atom. The van der Waals surface area contributed by atoms with Crippen molar-refractivity contribution < 1.29 is 4.79 Å². The molecule has 2 aromatic heterocycles. The molecule has 28 heavy (non-hydrogen) atoms. The Bertz CT molecular complexity index is 1000. The number of amides is 1. The van der Waals surface area contributed by atoms with Crippen LogP contribution in [0.2, 0.25) is 0 Å². The first-order chi connectivity index (χ1) is 13.5. The second-order valence-corrected chi connectivity index (χ2v) is 9.21. The van der Waals surface area contributed by atoms with Crippen LogP contribution < -0.4 is 4.90 Å². The monoisotopic (exact) mass is 415 g/mol. The molecule has 3 heterocycles. The number of hydrogen-bond donors (Lipinski definition) is 0. The number of anilines is 1. The van der Waals surface area contributed by atoms with Crippen LogP contribution in [-0.4, -0.2) is 58.0 Å². The van der Waals surface area contributed by atoms with Gasteiger partial charge in [-0.3, -0.25) is 9.48 Å². The summed E-state index contributed by atoms with van der Waals surface area (Å²) in [6.07, 6.45) is 2.09. The summed E-state index contributed by atoms with van der Waals surface area (Å²) >= 11 is 3.48. The number of aryl methyl sites for hydroxylation is 1. The number of piperazine rings is 1. The predicted octanol–water partition coefficient (Wildman–Crippen LogP) is 4.07. The van der Waals surface area contributed by atoms with Gasteiger partial charge in [0, 0.05) is 37.1 Å². The largest absolute Gasteiger partial charge is 0.345 e. The van der Waals surface area contributed by atoms with Crippen LogP contribution in [0.15, 0.2) is 29.2 Å². The molecule has 6 nitrogen and oxygen atoms in total. The van der Waals surface area contributed by atoms with Crippen LogP contribution in [0.5, 0.6) is 0 Å². The van der Waals surface area contributed by atoms with Crippen molar-refractivity contribution in [1.82, 2.24) is 19.7 Å². The lowest BCUT2D eigenvalue weighted by molar-refractivity contribution is 0.0732. The number of thioether (sulfide) groups is 1. The van der Waals surface area contributed by atoms with Gasteiger partial charge in [0.25, 0.3) is 5.91 Å². The number of carbonyl (C=O) groups excluding carboxylic acids is 1. The zero-order valence-corrected chi connectivity index (χ0v) is 18.3. The minimum Gasteiger partial charge on any atom is -0.345 e. The molecule has 1 aromatic carbocycles. The molecular formula is C20H25N5OS2. The van der Waals surface area contributed by atoms with Crippen LogP contribution in [-0.2, 0) is 0 Å². The summed E-state index contributed by atoms with van der Waals surface area (Å²) in [7, 11) is 0. The Kier molecular flexibility index (Phi) is 5.33. The molecule has 1 saturated heterocycles. The number of carbonyl (C=O) groups is 1. The Balaban J connectivity index is 1.47. The number of rotatable bonds is 4. The molecule has 0 saturated carbocycles. The SMILES string of the molecule is CSc1ccc2nc(N3CCN(C(=O)c4cc(C)nn4C(C)C)CC3)sc2c1. The van der Waals surface area contributed by atoms with Crippen molar-refractivity contribution in [3.05, 3.63) is 35.7 Å². The Labute approximate surface area is 173 Å². The summed E-state index contributed by atoms with van der Waals surface area (Å²) in [6, 6.07) is 8.48. The lowest BCUT2D eigenvalue weighted by Crippen LogP contribution is -2.49. The van der Waals surface area contributed by atoms with Crippen LogP contribution in [0.4, 0.5) is 5.13 Å². The van der Waals surface area contributed by atoms with Crippen molar-refractivity contribution in [1.29, 1.82) is 0 Å².